The molecule has 1 aliphatic heterocycles. The maximum absolute atomic E-state index is 10.5. The van der Waals surface area contributed by atoms with Crippen LogP contribution in [0.1, 0.15) is 6.92 Å². The Kier molecular flexibility index (Phi) is 2.12. The number of aliphatic carboxylic acids is 1. The zero-order valence-corrected chi connectivity index (χ0v) is 6.10. The van der Waals surface area contributed by atoms with Gasteiger partial charge in [-0.05, 0) is 6.92 Å². The van der Waals surface area contributed by atoms with Crippen molar-refractivity contribution in [3.05, 3.63) is 0 Å². The first-order valence-corrected chi connectivity index (χ1v) is 3.36. The lowest BCUT2D eigenvalue weighted by Crippen LogP contribution is -2.40. The van der Waals surface area contributed by atoms with E-state index in [1.165, 1.54) is 0 Å². The molecule has 1 rings (SSSR count). The van der Waals surface area contributed by atoms with Crippen LogP contribution < -0.4 is 5.73 Å². The molecule has 1 fully saturated rings. The second-order valence-corrected chi connectivity index (χ2v) is 2.67. The molecular formula is C6H11NO4. The topological polar surface area (TPSA) is 92.8 Å². The summed E-state index contributed by atoms with van der Waals surface area (Å²) in [7, 11) is 0. The second kappa shape index (κ2) is 2.77. The molecule has 0 amide bonds. The summed E-state index contributed by atoms with van der Waals surface area (Å²) < 4.78 is 4.80. The summed E-state index contributed by atoms with van der Waals surface area (Å²) in [5.41, 5.74) is 5.36. The Hall–Kier alpha value is -0.650. The smallest absolute Gasteiger partial charge is 0.310 e. The van der Waals surface area contributed by atoms with E-state index >= 15 is 0 Å². The van der Waals surface area contributed by atoms with Crippen molar-refractivity contribution in [1.82, 2.24) is 0 Å². The van der Waals surface area contributed by atoms with Crippen molar-refractivity contribution in [2.75, 3.05) is 0 Å². The van der Waals surface area contributed by atoms with Crippen LogP contribution in [-0.2, 0) is 9.53 Å². The highest BCUT2D eigenvalue weighted by Crippen LogP contribution is 2.23. The minimum atomic E-state index is -1.15. The number of carboxylic acid groups (broad SMARTS) is 1. The Morgan fingerprint density at radius 2 is 2.18 bits per heavy atom. The summed E-state index contributed by atoms with van der Waals surface area (Å²) >= 11 is 0. The second-order valence-electron chi connectivity index (χ2n) is 2.67. The first kappa shape index (κ1) is 8.45. The lowest BCUT2D eigenvalue weighted by molar-refractivity contribution is -0.143. The minimum Gasteiger partial charge on any atom is -0.481 e. The molecule has 11 heavy (non-hydrogen) atoms. The van der Waals surface area contributed by atoms with Crippen molar-refractivity contribution in [2.45, 2.75) is 25.4 Å². The van der Waals surface area contributed by atoms with E-state index in [2.05, 4.69) is 0 Å². The first-order valence-electron chi connectivity index (χ1n) is 3.36. The summed E-state index contributed by atoms with van der Waals surface area (Å²) in [6, 6.07) is -0.817. The number of ether oxygens (including phenoxy) is 1. The van der Waals surface area contributed by atoms with Gasteiger partial charge >= 0.3 is 5.97 Å². The van der Waals surface area contributed by atoms with Gasteiger partial charge in [0.05, 0.1) is 12.1 Å². The number of aliphatic hydroxyl groups is 1. The summed E-state index contributed by atoms with van der Waals surface area (Å²) in [5.74, 6) is -1.83. The number of aliphatic hydroxyl groups excluding tert-OH is 1. The maximum Gasteiger partial charge on any atom is 0.310 e. The molecule has 5 nitrogen and oxygen atoms in total. The van der Waals surface area contributed by atoms with Gasteiger partial charge in [-0.2, -0.15) is 0 Å². The van der Waals surface area contributed by atoms with Crippen LogP contribution in [-0.4, -0.2) is 34.6 Å². The van der Waals surface area contributed by atoms with Crippen LogP contribution in [0, 0.1) is 5.92 Å². The van der Waals surface area contributed by atoms with E-state index in [9.17, 15) is 4.79 Å². The van der Waals surface area contributed by atoms with Gasteiger partial charge in [-0.15, -0.1) is 0 Å². The standard InChI is InChI=1S/C6H11NO4/c1-2-3(5(8)9)4(7)6(10)11-2/h2-4,6,10H,7H2,1H3,(H,8,9)/t2-,3+,4-,6+/m1/s1. The summed E-state index contributed by atoms with van der Waals surface area (Å²) in [6.07, 6.45) is -1.66. The Balaban J connectivity index is 2.71. The predicted molar refractivity (Wildman–Crippen MR) is 35.7 cm³/mol. The molecule has 5 heteroatoms. The van der Waals surface area contributed by atoms with E-state index in [-0.39, 0.29) is 0 Å². The molecule has 0 spiro atoms. The summed E-state index contributed by atoms with van der Waals surface area (Å²) in [6.45, 7) is 1.58. The molecule has 0 aliphatic carbocycles. The molecule has 0 aromatic heterocycles. The van der Waals surface area contributed by atoms with Gasteiger partial charge in [0.25, 0.3) is 0 Å². The minimum absolute atomic E-state index is 0.516. The van der Waals surface area contributed by atoms with Crippen molar-refractivity contribution < 1.29 is 19.7 Å². The molecule has 0 aromatic carbocycles. The van der Waals surface area contributed by atoms with Crippen molar-refractivity contribution >= 4 is 5.97 Å². The Morgan fingerprint density at radius 1 is 1.64 bits per heavy atom. The third-order valence-corrected chi connectivity index (χ3v) is 1.89. The first-order chi connectivity index (χ1) is 5.04. The molecule has 0 bridgehead atoms. The largest absolute Gasteiger partial charge is 0.481 e. The van der Waals surface area contributed by atoms with Crippen LogP contribution in [0.2, 0.25) is 0 Å². The molecule has 1 heterocycles. The fourth-order valence-corrected chi connectivity index (χ4v) is 1.25. The van der Waals surface area contributed by atoms with Crippen LogP contribution in [0.3, 0.4) is 0 Å². The molecule has 4 atom stereocenters. The van der Waals surface area contributed by atoms with Crippen molar-refractivity contribution in [2.24, 2.45) is 11.7 Å². The van der Waals surface area contributed by atoms with Gasteiger partial charge in [-0.25, -0.2) is 0 Å². The van der Waals surface area contributed by atoms with E-state index < -0.39 is 30.3 Å². The number of carbonyl (C=O) groups is 1. The van der Waals surface area contributed by atoms with E-state index in [0.29, 0.717) is 0 Å². The Labute approximate surface area is 63.8 Å². The molecular weight excluding hydrogens is 150 g/mol. The van der Waals surface area contributed by atoms with Gasteiger partial charge in [0.2, 0.25) is 0 Å². The molecule has 64 valence electrons. The van der Waals surface area contributed by atoms with Gasteiger partial charge in [-0.1, -0.05) is 0 Å². The third kappa shape index (κ3) is 1.35. The van der Waals surface area contributed by atoms with Crippen LogP contribution in [0.25, 0.3) is 0 Å². The summed E-state index contributed by atoms with van der Waals surface area (Å²) in [4.78, 5) is 10.5. The average Bonchev–Trinajstić information content (AvgIpc) is 2.07. The van der Waals surface area contributed by atoms with Crippen LogP contribution >= 0.6 is 0 Å². The maximum atomic E-state index is 10.5. The van der Waals surface area contributed by atoms with Crippen LogP contribution in [0.5, 0.6) is 0 Å². The van der Waals surface area contributed by atoms with Gasteiger partial charge in [-0.3, -0.25) is 4.79 Å². The number of carboxylic acids is 1. The normalized spacial score (nSPS) is 44.3. The van der Waals surface area contributed by atoms with Crippen LogP contribution in [0.15, 0.2) is 0 Å². The predicted octanol–water partition coefficient (Wildman–Crippen LogP) is -1.25. The highest BCUT2D eigenvalue weighted by molar-refractivity contribution is 5.72. The van der Waals surface area contributed by atoms with E-state index in [1.54, 1.807) is 6.92 Å². The van der Waals surface area contributed by atoms with Gasteiger partial charge in [0, 0.05) is 0 Å². The molecule has 1 saturated heterocycles. The van der Waals surface area contributed by atoms with E-state index in [0.717, 1.165) is 0 Å². The van der Waals surface area contributed by atoms with Crippen molar-refractivity contribution in [1.29, 1.82) is 0 Å². The van der Waals surface area contributed by atoms with Gasteiger partial charge < -0.3 is 20.7 Å². The molecule has 0 unspecified atom stereocenters. The quantitative estimate of drug-likeness (QED) is 0.447. The number of nitrogens with two attached hydrogens (primary N) is 1. The Morgan fingerprint density at radius 3 is 2.36 bits per heavy atom. The zero-order valence-electron chi connectivity index (χ0n) is 6.10. The third-order valence-electron chi connectivity index (χ3n) is 1.89. The van der Waals surface area contributed by atoms with Crippen molar-refractivity contribution in [3.63, 3.8) is 0 Å². The number of hydrogen-bond donors (Lipinski definition) is 3. The van der Waals surface area contributed by atoms with Gasteiger partial charge in [0.1, 0.15) is 5.92 Å². The highest BCUT2D eigenvalue weighted by Gasteiger charge is 2.43. The molecule has 0 saturated carbocycles. The SMILES string of the molecule is C[C@H]1O[C@H](O)[C@H](N)[C@H]1C(=O)O. The lowest BCUT2D eigenvalue weighted by Gasteiger charge is -2.11. The average molecular weight is 161 g/mol. The number of rotatable bonds is 1. The molecule has 0 radical (unpaired) electrons. The van der Waals surface area contributed by atoms with Gasteiger partial charge in [0.15, 0.2) is 6.29 Å². The molecule has 4 N–H and O–H groups in total. The fourth-order valence-electron chi connectivity index (χ4n) is 1.25. The van der Waals surface area contributed by atoms with Crippen molar-refractivity contribution in [3.8, 4) is 0 Å². The van der Waals surface area contributed by atoms with E-state index in [1.807, 2.05) is 0 Å². The Bertz CT molecular complexity index is 172. The lowest BCUT2D eigenvalue weighted by atomic mass is 9.98. The van der Waals surface area contributed by atoms with E-state index in [4.69, 9.17) is 20.7 Å². The zero-order chi connectivity index (χ0) is 8.59. The number of hydrogen-bond acceptors (Lipinski definition) is 4. The fraction of sp³-hybridized carbons (Fsp3) is 0.833. The molecule has 0 aromatic rings. The van der Waals surface area contributed by atoms with Crippen LogP contribution in [0.4, 0.5) is 0 Å². The monoisotopic (exact) mass is 161 g/mol. The summed E-state index contributed by atoms with van der Waals surface area (Å²) in [5, 5.41) is 17.6. The highest BCUT2D eigenvalue weighted by atomic mass is 16.6. The molecule has 1 aliphatic rings.